The summed E-state index contributed by atoms with van der Waals surface area (Å²) >= 11 is 3.29. The molecule has 1 aromatic carbocycles. The van der Waals surface area contributed by atoms with Crippen molar-refractivity contribution in [1.29, 1.82) is 0 Å². The van der Waals surface area contributed by atoms with Gasteiger partial charge in [0.1, 0.15) is 5.69 Å². The fourth-order valence-corrected chi connectivity index (χ4v) is 2.45. The van der Waals surface area contributed by atoms with Gasteiger partial charge >= 0.3 is 0 Å². The third-order valence-electron chi connectivity index (χ3n) is 3.45. The molecular formula is C16H18BrN3O. The van der Waals surface area contributed by atoms with Gasteiger partial charge in [-0.25, -0.2) is 5.43 Å². The molecule has 1 heterocycles. The first-order chi connectivity index (χ1) is 9.88. The molecule has 0 fully saturated rings. The van der Waals surface area contributed by atoms with Crippen LogP contribution < -0.4 is 5.43 Å². The van der Waals surface area contributed by atoms with E-state index in [2.05, 4.69) is 57.4 Å². The van der Waals surface area contributed by atoms with Gasteiger partial charge in [-0.2, -0.15) is 5.10 Å². The molecule has 0 bridgehead atoms. The Morgan fingerprint density at radius 2 is 1.81 bits per heavy atom. The van der Waals surface area contributed by atoms with Gasteiger partial charge in [0.05, 0.1) is 5.71 Å². The highest BCUT2D eigenvalue weighted by Crippen LogP contribution is 2.16. The molecule has 2 rings (SSSR count). The molecule has 21 heavy (non-hydrogen) atoms. The highest BCUT2D eigenvalue weighted by Gasteiger charge is 2.08. The Bertz CT molecular complexity index is 716. The number of carbonyl (C=O) groups excluding carboxylic acids is 1. The summed E-state index contributed by atoms with van der Waals surface area (Å²) in [5, 5.41) is 4.19. The van der Waals surface area contributed by atoms with E-state index in [1.165, 1.54) is 11.1 Å². The highest BCUT2D eigenvalue weighted by atomic mass is 79.9. The van der Waals surface area contributed by atoms with Crippen LogP contribution in [0.5, 0.6) is 0 Å². The number of aromatic nitrogens is 1. The van der Waals surface area contributed by atoms with Crippen LogP contribution in [0.15, 0.2) is 34.0 Å². The molecule has 110 valence electrons. The Morgan fingerprint density at radius 1 is 1.14 bits per heavy atom. The fraction of sp³-hybridized carbons (Fsp3) is 0.250. The zero-order valence-corrected chi connectivity index (χ0v) is 14.1. The Labute approximate surface area is 132 Å². The fourth-order valence-electron chi connectivity index (χ4n) is 2.10. The van der Waals surface area contributed by atoms with Crippen LogP contribution in [0.2, 0.25) is 0 Å². The van der Waals surface area contributed by atoms with E-state index in [9.17, 15) is 4.79 Å². The molecule has 0 unspecified atom stereocenters. The number of hydrazone groups is 1. The first-order valence-electron chi connectivity index (χ1n) is 6.65. The minimum atomic E-state index is -0.262. The number of carbonyl (C=O) groups is 1. The number of hydrogen-bond donors (Lipinski definition) is 2. The summed E-state index contributed by atoms with van der Waals surface area (Å²) in [4.78, 5) is 14.8. The largest absolute Gasteiger partial charge is 0.356 e. The van der Waals surface area contributed by atoms with Crippen molar-refractivity contribution >= 4 is 27.5 Å². The van der Waals surface area contributed by atoms with E-state index in [4.69, 9.17) is 0 Å². The summed E-state index contributed by atoms with van der Waals surface area (Å²) in [6.07, 6.45) is 1.71. The molecule has 0 radical (unpaired) electrons. The second kappa shape index (κ2) is 6.26. The van der Waals surface area contributed by atoms with E-state index in [1.54, 1.807) is 12.3 Å². The molecule has 1 amide bonds. The van der Waals surface area contributed by atoms with Crippen LogP contribution in [0.1, 0.15) is 39.7 Å². The molecule has 1 aromatic heterocycles. The number of halogens is 1. The normalized spacial score (nSPS) is 11.6. The Balaban J connectivity index is 2.18. The lowest BCUT2D eigenvalue weighted by Crippen LogP contribution is -2.20. The Hall–Kier alpha value is -1.88. The van der Waals surface area contributed by atoms with Crippen molar-refractivity contribution in [2.45, 2.75) is 27.7 Å². The molecule has 0 aliphatic rings. The van der Waals surface area contributed by atoms with Crippen LogP contribution in [0.3, 0.4) is 0 Å². The smallest absolute Gasteiger partial charge is 0.287 e. The van der Waals surface area contributed by atoms with Gasteiger partial charge in [0.2, 0.25) is 0 Å². The minimum absolute atomic E-state index is 0.262. The molecule has 0 aliphatic carbocycles. The molecular weight excluding hydrogens is 330 g/mol. The second-order valence-electron chi connectivity index (χ2n) is 5.12. The van der Waals surface area contributed by atoms with Crippen molar-refractivity contribution < 1.29 is 4.79 Å². The Kier molecular flexibility index (Phi) is 4.63. The number of benzene rings is 1. The lowest BCUT2D eigenvalue weighted by Gasteiger charge is -2.09. The van der Waals surface area contributed by atoms with E-state index in [-0.39, 0.29) is 5.91 Å². The third-order valence-corrected chi connectivity index (χ3v) is 3.91. The van der Waals surface area contributed by atoms with Gasteiger partial charge < -0.3 is 4.98 Å². The number of nitrogens with one attached hydrogen (secondary N) is 2. The predicted molar refractivity (Wildman–Crippen MR) is 88.8 cm³/mol. The van der Waals surface area contributed by atoms with Crippen molar-refractivity contribution in [2.75, 3.05) is 0 Å². The number of aryl methyl sites for hydroxylation is 3. The monoisotopic (exact) mass is 347 g/mol. The number of hydrogen-bond acceptors (Lipinski definition) is 2. The zero-order valence-electron chi connectivity index (χ0n) is 12.5. The molecule has 0 saturated heterocycles. The maximum absolute atomic E-state index is 11.9. The number of rotatable bonds is 3. The van der Waals surface area contributed by atoms with Gasteiger partial charge in [-0.05, 0) is 72.4 Å². The number of amides is 1. The average molecular weight is 348 g/mol. The van der Waals surface area contributed by atoms with Crippen molar-refractivity contribution in [2.24, 2.45) is 5.10 Å². The average Bonchev–Trinajstić information content (AvgIpc) is 2.86. The maximum Gasteiger partial charge on any atom is 0.287 e. The SMILES string of the molecule is C/C(=N/NC(=O)c1cc(Br)c[nH]1)c1cc(C)c(C)cc1C. The molecule has 0 aliphatic heterocycles. The van der Waals surface area contributed by atoms with Gasteiger partial charge in [0.15, 0.2) is 0 Å². The lowest BCUT2D eigenvalue weighted by atomic mass is 9.98. The zero-order chi connectivity index (χ0) is 15.6. The number of H-pyrrole nitrogens is 1. The third kappa shape index (κ3) is 3.61. The summed E-state index contributed by atoms with van der Waals surface area (Å²) in [7, 11) is 0. The van der Waals surface area contributed by atoms with Crippen LogP contribution in [0.25, 0.3) is 0 Å². The molecule has 2 aromatic rings. The Morgan fingerprint density at radius 3 is 2.43 bits per heavy atom. The van der Waals surface area contributed by atoms with E-state index < -0.39 is 0 Å². The van der Waals surface area contributed by atoms with Gasteiger partial charge in [0, 0.05) is 16.2 Å². The quantitative estimate of drug-likeness (QED) is 0.642. The van der Waals surface area contributed by atoms with Crippen molar-refractivity contribution in [3.63, 3.8) is 0 Å². The van der Waals surface area contributed by atoms with Crippen molar-refractivity contribution in [3.05, 3.63) is 56.8 Å². The van der Waals surface area contributed by atoms with Crippen molar-refractivity contribution in [1.82, 2.24) is 10.4 Å². The standard InChI is InChI=1S/C16H18BrN3O/c1-9-5-11(3)14(6-10(9)2)12(4)19-20-16(21)15-7-13(17)8-18-15/h5-8,18H,1-4H3,(H,20,21)/b19-12-. The van der Waals surface area contributed by atoms with Crippen LogP contribution in [-0.2, 0) is 0 Å². The van der Waals surface area contributed by atoms with Gasteiger partial charge in [-0.1, -0.05) is 6.07 Å². The van der Waals surface area contributed by atoms with Gasteiger partial charge in [-0.3, -0.25) is 4.79 Å². The van der Waals surface area contributed by atoms with Crippen LogP contribution in [-0.4, -0.2) is 16.6 Å². The predicted octanol–water partition coefficient (Wildman–Crippen LogP) is 3.86. The molecule has 5 heteroatoms. The molecule has 2 N–H and O–H groups in total. The van der Waals surface area contributed by atoms with E-state index in [0.717, 1.165) is 21.3 Å². The van der Waals surface area contributed by atoms with Crippen LogP contribution in [0.4, 0.5) is 0 Å². The first kappa shape index (κ1) is 15.5. The highest BCUT2D eigenvalue weighted by molar-refractivity contribution is 9.10. The van der Waals surface area contributed by atoms with Crippen LogP contribution >= 0.6 is 15.9 Å². The minimum Gasteiger partial charge on any atom is -0.356 e. The maximum atomic E-state index is 11.9. The second-order valence-corrected chi connectivity index (χ2v) is 6.04. The van der Waals surface area contributed by atoms with Gasteiger partial charge in [-0.15, -0.1) is 0 Å². The van der Waals surface area contributed by atoms with Gasteiger partial charge in [0.25, 0.3) is 5.91 Å². The molecule has 0 atom stereocenters. The summed E-state index contributed by atoms with van der Waals surface area (Å²) in [5.41, 5.74) is 8.49. The van der Waals surface area contributed by atoms with E-state index in [1.807, 2.05) is 13.8 Å². The van der Waals surface area contributed by atoms with Crippen molar-refractivity contribution in [3.8, 4) is 0 Å². The number of aromatic amines is 1. The number of nitrogens with zero attached hydrogens (tertiary/aromatic N) is 1. The van der Waals surface area contributed by atoms with E-state index >= 15 is 0 Å². The topological polar surface area (TPSA) is 57.2 Å². The molecule has 4 nitrogen and oxygen atoms in total. The van der Waals surface area contributed by atoms with Crippen LogP contribution in [0, 0.1) is 20.8 Å². The molecule has 0 saturated carbocycles. The summed E-state index contributed by atoms with van der Waals surface area (Å²) in [6, 6.07) is 5.94. The lowest BCUT2D eigenvalue weighted by molar-refractivity contribution is 0.0950. The summed E-state index contributed by atoms with van der Waals surface area (Å²) in [5.74, 6) is -0.262. The first-order valence-corrected chi connectivity index (χ1v) is 7.44. The van der Waals surface area contributed by atoms with E-state index in [0.29, 0.717) is 5.69 Å². The summed E-state index contributed by atoms with van der Waals surface area (Å²) < 4.78 is 0.832. The molecule has 0 spiro atoms. The summed E-state index contributed by atoms with van der Waals surface area (Å²) in [6.45, 7) is 8.09.